The van der Waals surface area contributed by atoms with Crippen LogP contribution >= 0.6 is 15.9 Å². The molecule has 104 valence electrons. The highest BCUT2D eigenvalue weighted by Crippen LogP contribution is 2.17. The third kappa shape index (κ3) is 4.24. The van der Waals surface area contributed by atoms with E-state index < -0.39 is 0 Å². The predicted octanol–water partition coefficient (Wildman–Crippen LogP) is 5.25. The first-order valence-corrected chi connectivity index (χ1v) is 7.80. The molecule has 0 atom stereocenters. The SMILES string of the molecule is CCCCc1ccc(/C(N)=C/c2ccc(Br)cc2)cc1. The molecule has 0 aromatic heterocycles. The fraction of sp³-hybridized carbons (Fsp3) is 0.222. The van der Waals surface area contributed by atoms with Crippen LogP contribution in [0.15, 0.2) is 53.0 Å². The number of benzene rings is 2. The molecule has 1 nitrogen and oxygen atoms in total. The first kappa shape index (κ1) is 14.9. The van der Waals surface area contributed by atoms with Gasteiger partial charge < -0.3 is 5.73 Å². The van der Waals surface area contributed by atoms with Crippen molar-refractivity contribution in [2.24, 2.45) is 5.73 Å². The van der Waals surface area contributed by atoms with Crippen LogP contribution in [0.5, 0.6) is 0 Å². The van der Waals surface area contributed by atoms with Gasteiger partial charge in [-0.2, -0.15) is 0 Å². The summed E-state index contributed by atoms with van der Waals surface area (Å²) in [5.41, 5.74) is 10.5. The molecular weight excluding hydrogens is 310 g/mol. The van der Waals surface area contributed by atoms with E-state index in [2.05, 4.69) is 47.1 Å². The molecule has 0 saturated heterocycles. The number of halogens is 1. The molecule has 0 saturated carbocycles. The number of hydrogen-bond acceptors (Lipinski definition) is 1. The Morgan fingerprint density at radius 1 is 1.05 bits per heavy atom. The lowest BCUT2D eigenvalue weighted by Gasteiger charge is -2.05. The van der Waals surface area contributed by atoms with Crippen LogP contribution in [-0.2, 0) is 6.42 Å². The summed E-state index contributed by atoms with van der Waals surface area (Å²) in [7, 11) is 0. The molecule has 0 aliphatic carbocycles. The summed E-state index contributed by atoms with van der Waals surface area (Å²) in [5.74, 6) is 0. The highest BCUT2D eigenvalue weighted by atomic mass is 79.9. The lowest BCUT2D eigenvalue weighted by molar-refractivity contribution is 0.795. The van der Waals surface area contributed by atoms with E-state index in [9.17, 15) is 0 Å². The van der Waals surface area contributed by atoms with Crippen molar-refractivity contribution in [1.82, 2.24) is 0 Å². The monoisotopic (exact) mass is 329 g/mol. The van der Waals surface area contributed by atoms with Gasteiger partial charge in [-0.1, -0.05) is 65.7 Å². The summed E-state index contributed by atoms with van der Waals surface area (Å²) in [5, 5.41) is 0. The van der Waals surface area contributed by atoms with Crippen LogP contribution in [0.25, 0.3) is 11.8 Å². The molecule has 0 heterocycles. The fourth-order valence-corrected chi connectivity index (χ4v) is 2.33. The number of unbranched alkanes of at least 4 members (excludes halogenated alkanes) is 1. The summed E-state index contributed by atoms with van der Waals surface area (Å²) >= 11 is 3.43. The van der Waals surface area contributed by atoms with E-state index in [0.29, 0.717) is 0 Å². The van der Waals surface area contributed by atoms with Gasteiger partial charge in [0.05, 0.1) is 0 Å². The maximum absolute atomic E-state index is 6.16. The van der Waals surface area contributed by atoms with Crippen molar-refractivity contribution < 1.29 is 0 Å². The highest BCUT2D eigenvalue weighted by Gasteiger charge is 1.98. The summed E-state index contributed by atoms with van der Waals surface area (Å²) in [6.45, 7) is 2.22. The van der Waals surface area contributed by atoms with Crippen molar-refractivity contribution in [3.05, 3.63) is 69.7 Å². The molecule has 0 aliphatic rings. The Morgan fingerprint density at radius 2 is 1.70 bits per heavy atom. The second-order valence-corrected chi connectivity index (χ2v) is 5.87. The minimum atomic E-state index is 0.800. The van der Waals surface area contributed by atoms with Crippen molar-refractivity contribution in [1.29, 1.82) is 0 Å². The highest BCUT2D eigenvalue weighted by molar-refractivity contribution is 9.10. The van der Waals surface area contributed by atoms with Crippen molar-refractivity contribution >= 4 is 27.7 Å². The maximum atomic E-state index is 6.16. The summed E-state index contributed by atoms with van der Waals surface area (Å²) in [6.07, 6.45) is 5.62. The second kappa shape index (κ2) is 7.30. The van der Waals surface area contributed by atoms with Crippen LogP contribution in [0.4, 0.5) is 0 Å². The minimum absolute atomic E-state index is 0.800. The number of hydrogen-bond donors (Lipinski definition) is 1. The van der Waals surface area contributed by atoms with Gasteiger partial charge >= 0.3 is 0 Å². The summed E-state index contributed by atoms with van der Waals surface area (Å²) in [4.78, 5) is 0. The van der Waals surface area contributed by atoms with Crippen molar-refractivity contribution in [3.8, 4) is 0 Å². The van der Waals surface area contributed by atoms with Crippen molar-refractivity contribution in [2.75, 3.05) is 0 Å². The van der Waals surface area contributed by atoms with Crippen LogP contribution in [0.1, 0.15) is 36.5 Å². The zero-order chi connectivity index (χ0) is 14.4. The van der Waals surface area contributed by atoms with E-state index in [1.165, 1.54) is 18.4 Å². The first-order chi connectivity index (χ1) is 9.69. The van der Waals surface area contributed by atoms with Gasteiger partial charge in [-0.15, -0.1) is 0 Å². The smallest absolute Gasteiger partial charge is 0.0393 e. The van der Waals surface area contributed by atoms with Crippen LogP contribution in [-0.4, -0.2) is 0 Å². The Hall–Kier alpha value is -1.54. The lowest BCUT2D eigenvalue weighted by atomic mass is 10.0. The lowest BCUT2D eigenvalue weighted by Crippen LogP contribution is -1.96. The molecule has 0 bridgehead atoms. The van der Waals surface area contributed by atoms with Gasteiger partial charge in [-0.25, -0.2) is 0 Å². The molecule has 2 aromatic rings. The Kier molecular flexibility index (Phi) is 5.42. The third-order valence-corrected chi connectivity index (χ3v) is 3.83. The molecule has 0 aliphatic heterocycles. The van der Waals surface area contributed by atoms with Crippen LogP contribution < -0.4 is 5.73 Å². The largest absolute Gasteiger partial charge is 0.398 e. The Balaban J connectivity index is 2.12. The Morgan fingerprint density at radius 3 is 2.30 bits per heavy atom. The van der Waals surface area contributed by atoms with Gasteiger partial charge in [0.15, 0.2) is 0 Å². The first-order valence-electron chi connectivity index (χ1n) is 7.01. The average molecular weight is 330 g/mol. The molecule has 2 rings (SSSR count). The molecule has 2 aromatic carbocycles. The molecule has 2 N–H and O–H groups in total. The van der Waals surface area contributed by atoms with Gasteiger partial charge in [0, 0.05) is 10.2 Å². The standard InChI is InChI=1S/C18H20BrN/c1-2-3-4-14-5-9-16(10-6-14)18(20)13-15-7-11-17(19)12-8-15/h5-13H,2-4,20H2,1H3/b18-13-. The minimum Gasteiger partial charge on any atom is -0.398 e. The number of nitrogens with two attached hydrogens (primary N) is 1. The molecule has 0 amide bonds. The van der Waals surface area contributed by atoms with E-state index in [-0.39, 0.29) is 0 Å². The third-order valence-electron chi connectivity index (χ3n) is 3.30. The summed E-state index contributed by atoms with van der Waals surface area (Å²) in [6, 6.07) is 16.7. The van der Waals surface area contributed by atoms with Crippen molar-refractivity contribution in [3.63, 3.8) is 0 Å². The van der Waals surface area contributed by atoms with Gasteiger partial charge in [0.25, 0.3) is 0 Å². The van der Waals surface area contributed by atoms with E-state index in [4.69, 9.17) is 5.73 Å². The van der Waals surface area contributed by atoms with Gasteiger partial charge in [0.2, 0.25) is 0 Å². The van der Waals surface area contributed by atoms with E-state index in [0.717, 1.165) is 27.7 Å². The van der Waals surface area contributed by atoms with Crippen LogP contribution in [0.2, 0.25) is 0 Å². The Bertz CT molecular complexity index is 567. The van der Waals surface area contributed by atoms with E-state index in [1.807, 2.05) is 30.3 Å². The van der Waals surface area contributed by atoms with Gasteiger partial charge in [-0.3, -0.25) is 0 Å². The van der Waals surface area contributed by atoms with Crippen LogP contribution in [0, 0.1) is 0 Å². The molecule has 2 heteroatoms. The molecule has 0 fully saturated rings. The maximum Gasteiger partial charge on any atom is 0.0393 e. The number of rotatable bonds is 5. The molecule has 0 radical (unpaired) electrons. The van der Waals surface area contributed by atoms with Crippen LogP contribution in [0.3, 0.4) is 0 Å². The second-order valence-electron chi connectivity index (χ2n) is 4.95. The topological polar surface area (TPSA) is 26.0 Å². The molecule has 0 spiro atoms. The van der Waals surface area contributed by atoms with Gasteiger partial charge in [-0.05, 0) is 47.7 Å². The zero-order valence-corrected chi connectivity index (χ0v) is 13.4. The summed E-state index contributed by atoms with van der Waals surface area (Å²) < 4.78 is 1.08. The van der Waals surface area contributed by atoms with E-state index >= 15 is 0 Å². The quantitative estimate of drug-likeness (QED) is 0.745. The molecule has 20 heavy (non-hydrogen) atoms. The number of aryl methyl sites for hydroxylation is 1. The Labute approximate surface area is 129 Å². The van der Waals surface area contributed by atoms with Gasteiger partial charge in [0.1, 0.15) is 0 Å². The predicted molar refractivity (Wildman–Crippen MR) is 91.3 cm³/mol. The zero-order valence-electron chi connectivity index (χ0n) is 11.8. The van der Waals surface area contributed by atoms with Crippen molar-refractivity contribution in [2.45, 2.75) is 26.2 Å². The average Bonchev–Trinajstić information content (AvgIpc) is 2.48. The fourth-order valence-electron chi connectivity index (χ4n) is 2.07. The van der Waals surface area contributed by atoms with E-state index in [1.54, 1.807) is 0 Å². The molecular formula is C18H20BrN. The normalized spacial score (nSPS) is 11.6. The molecule has 0 unspecified atom stereocenters.